The lowest BCUT2D eigenvalue weighted by atomic mass is 10.1. The molecule has 0 aliphatic rings. The summed E-state index contributed by atoms with van der Waals surface area (Å²) in [5.41, 5.74) is 5.31. The summed E-state index contributed by atoms with van der Waals surface area (Å²) < 4.78 is 32.4. The number of esters is 2. The topological polar surface area (TPSA) is 151 Å². The Hall–Kier alpha value is -2.62. The van der Waals surface area contributed by atoms with E-state index in [0.29, 0.717) is 6.42 Å². The number of carbonyl (C=O) groups is 3. The van der Waals surface area contributed by atoms with Gasteiger partial charge in [-0.1, -0.05) is 120 Å². The lowest BCUT2D eigenvalue weighted by Gasteiger charge is -2.19. The first-order chi connectivity index (χ1) is 25.2. The molecule has 0 aliphatic carbocycles. The van der Waals surface area contributed by atoms with Gasteiger partial charge in [0.25, 0.3) is 0 Å². The maximum atomic E-state index is 12.5. The summed E-state index contributed by atoms with van der Waals surface area (Å²) in [5, 5.41) is 0. The van der Waals surface area contributed by atoms with Crippen molar-refractivity contribution >= 4 is 25.5 Å². The van der Waals surface area contributed by atoms with Crippen LogP contribution in [-0.2, 0) is 37.5 Å². The van der Waals surface area contributed by atoms with Crippen LogP contribution in [0.3, 0.4) is 0 Å². The van der Waals surface area contributed by atoms with Crippen molar-refractivity contribution in [1.29, 1.82) is 0 Å². The third-order valence-corrected chi connectivity index (χ3v) is 8.84. The van der Waals surface area contributed by atoms with E-state index in [2.05, 4.69) is 50.3 Å². The van der Waals surface area contributed by atoms with Crippen molar-refractivity contribution in [2.45, 2.75) is 155 Å². The molecule has 0 aromatic rings. The van der Waals surface area contributed by atoms with Crippen LogP contribution in [0.15, 0.2) is 60.8 Å². The summed E-state index contributed by atoms with van der Waals surface area (Å²) in [4.78, 5) is 46.9. The SMILES string of the molecule is CCCCC/C=C\C/C=C\C/C=C\C=C\C(=O)CCCC(=O)O[C@H](COC(=O)CCCCCCC/C=C\CCCCCC)COP(=O)(O)OCCN. The van der Waals surface area contributed by atoms with Gasteiger partial charge in [0.2, 0.25) is 0 Å². The van der Waals surface area contributed by atoms with Crippen molar-refractivity contribution in [3.05, 3.63) is 60.8 Å². The minimum absolute atomic E-state index is 0.0130. The molecule has 0 aromatic carbocycles. The quantitative estimate of drug-likeness (QED) is 0.0158. The molecule has 0 saturated carbocycles. The monoisotopic (exact) mass is 751 g/mol. The van der Waals surface area contributed by atoms with Crippen molar-refractivity contribution in [3.63, 3.8) is 0 Å². The van der Waals surface area contributed by atoms with Gasteiger partial charge in [0.05, 0.1) is 13.2 Å². The number of rotatable bonds is 36. The molecule has 1 unspecified atom stereocenters. The van der Waals surface area contributed by atoms with Gasteiger partial charge in [-0.3, -0.25) is 23.4 Å². The molecule has 0 spiro atoms. The van der Waals surface area contributed by atoms with Crippen molar-refractivity contribution < 1.29 is 42.4 Å². The zero-order valence-corrected chi connectivity index (χ0v) is 33.2. The van der Waals surface area contributed by atoms with Gasteiger partial charge in [-0.25, -0.2) is 4.57 Å². The molecule has 0 fully saturated rings. The van der Waals surface area contributed by atoms with Crippen molar-refractivity contribution in [2.24, 2.45) is 5.73 Å². The number of nitrogens with two attached hydrogens (primary N) is 1. The van der Waals surface area contributed by atoms with Gasteiger partial charge in [0, 0.05) is 25.8 Å². The van der Waals surface area contributed by atoms with Crippen LogP contribution in [-0.4, -0.2) is 55.1 Å². The highest BCUT2D eigenvalue weighted by atomic mass is 31.2. The van der Waals surface area contributed by atoms with E-state index < -0.39 is 32.5 Å². The molecule has 0 bridgehead atoms. The second-order valence-electron chi connectivity index (χ2n) is 12.8. The number of carbonyl (C=O) groups excluding carboxylic acids is 3. The minimum atomic E-state index is -4.44. The summed E-state index contributed by atoms with van der Waals surface area (Å²) in [6.07, 6.45) is 38.3. The highest BCUT2D eigenvalue weighted by Gasteiger charge is 2.26. The molecule has 10 nitrogen and oxygen atoms in total. The average molecular weight is 752 g/mol. The van der Waals surface area contributed by atoms with Gasteiger partial charge in [-0.2, -0.15) is 0 Å². The summed E-state index contributed by atoms with van der Waals surface area (Å²) in [6.45, 7) is 3.37. The molecule has 0 aliphatic heterocycles. The fourth-order valence-electron chi connectivity index (χ4n) is 4.87. The van der Waals surface area contributed by atoms with Crippen molar-refractivity contribution in [1.82, 2.24) is 0 Å². The largest absolute Gasteiger partial charge is 0.472 e. The summed E-state index contributed by atoms with van der Waals surface area (Å²) in [7, 11) is -4.44. The number of phosphoric acid groups is 1. The van der Waals surface area contributed by atoms with E-state index in [9.17, 15) is 23.8 Å². The number of ether oxygens (including phenoxy) is 2. The molecule has 11 heteroatoms. The van der Waals surface area contributed by atoms with Crippen LogP contribution in [0.2, 0.25) is 0 Å². The smallest absolute Gasteiger partial charge is 0.462 e. The van der Waals surface area contributed by atoms with E-state index in [1.165, 1.54) is 51.0 Å². The molecule has 0 rings (SSSR count). The predicted molar refractivity (Wildman–Crippen MR) is 211 cm³/mol. The molecule has 2 atom stereocenters. The van der Waals surface area contributed by atoms with Crippen LogP contribution in [0.1, 0.15) is 149 Å². The number of allylic oxidation sites excluding steroid dienone is 10. The molecule has 3 N–H and O–H groups in total. The molecule has 0 heterocycles. The minimum Gasteiger partial charge on any atom is -0.462 e. The molecule has 0 radical (unpaired) electrons. The normalized spacial score (nSPS) is 13.9. The Bertz CT molecular complexity index is 1100. The summed E-state index contributed by atoms with van der Waals surface area (Å²) >= 11 is 0. The Labute approximate surface area is 315 Å². The highest BCUT2D eigenvalue weighted by Crippen LogP contribution is 2.43. The second kappa shape index (κ2) is 36.7. The fourth-order valence-corrected chi connectivity index (χ4v) is 5.64. The van der Waals surface area contributed by atoms with E-state index in [1.807, 2.05) is 12.2 Å². The standard InChI is InChI=1S/C41H70NO9P/c1-3-5-7-9-11-13-15-17-19-21-23-25-27-30-38(43)31-29-33-41(45)51-39(37-50-52(46,47)49-35-34-42)36-48-40(44)32-28-26-24-22-20-18-16-14-12-10-8-6-4-2/h11,13-14,16-17,19,23,25,27,30,39H,3-10,12,15,18,20-22,24,26,28-29,31-37,42H2,1-2H3,(H,46,47)/b13-11-,16-14-,19-17-,25-23-,30-27+/t39-/m1/s1. The number of phosphoric ester groups is 1. The first kappa shape index (κ1) is 49.4. The second-order valence-corrected chi connectivity index (χ2v) is 14.3. The highest BCUT2D eigenvalue weighted by molar-refractivity contribution is 7.47. The number of hydrogen-bond acceptors (Lipinski definition) is 9. The lowest BCUT2D eigenvalue weighted by molar-refractivity contribution is -0.161. The summed E-state index contributed by atoms with van der Waals surface area (Å²) in [6, 6.07) is 0. The average Bonchev–Trinajstić information content (AvgIpc) is 3.12. The van der Waals surface area contributed by atoms with Gasteiger partial charge in [-0.15, -0.1) is 0 Å². The van der Waals surface area contributed by atoms with Crippen LogP contribution in [0, 0.1) is 0 Å². The molecule has 0 amide bonds. The van der Waals surface area contributed by atoms with Gasteiger partial charge in [0.15, 0.2) is 11.9 Å². The van der Waals surface area contributed by atoms with Gasteiger partial charge >= 0.3 is 19.8 Å². The molecule has 298 valence electrons. The molecule has 0 aromatic heterocycles. The number of hydrogen-bond donors (Lipinski definition) is 2. The van der Waals surface area contributed by atoms with E-state index in [-0.39, 0.29) is 51.2 Å². The Morgan fingerprint density at radius 2 is 1.19 bits per heavy atom. The van der Waals surface area contributed by atoms with Crippen LogP contribution in [0.25, 0.3) is 0 Å². The summed E-state index contributed by atoms with van der Waals surface area (Å²) in [5.74, 6) is -1.23. The van der Waals surface area contributed by atoms with Crippen LogP contribution >= 0.6 is 7.82 Å². The molecule has 52 heavy (non-hydrogen) atoms. The van der Waals surface area contributed by atoms with E-state index in [1.54, 1.807) is 6.08 Å². The van der Waals surface area contributed by atoms with E-state index >= 15 is 0 Å². The molecule has 0 saturated heterocycles. The third kappa shape index (κ3) is 35.8. The zero-order valence-electron chi connectivity index (χ0n) is 32.3. The Kier molecular flexibility index (Phi) is 34.9. The molecular formula is C41H70NO9P. The van der Waals surface area contributed by atoms with Crippen molar-refractivity contribution in [3.8, 4) is 0 Å². The fraction of sp³-hybridized carbons (Fsp3) is 0.683. The van der Waals surface area contributed by atoms with Gasteiger partial charge in [-0.05, 0) is 70.3 Å². The maximum Gasteiger partial charge on any atom is 0.472 e. The predicted octanol–water partition coefficient (Wildman–Crippen LogP) is 10.1. The van der Waals surface area contributed by atoms with Crippen LogP contribution in [0.4, 0.5) is 0 Å². The number of unbranched alkanes of at least 4 members (excludes halogenated alkanes) is 12. The lowest BCUT2D eigenvalue weighted by Crippen LogP contribution is -2.29. The van der Waals surface area contributed by atoms with E-state index in [4.69, 9.17) is 24.3 Å². The first-order valence-electron chi connectivity index (χ1n) is 19.7. The Balaban J connectivity index is 4.46. The molecular weight excluding hydrogens is 681 g/mol. The zero-order chi connectivity index (χ0) is 38.4. The first-order valence-corrected chi connectivity index (χ1v) is 21.2. The Morgan fingerprint density at radius 3 is 1.88 bits per heavy atom. The Morgan fingerprint density at radius 1 is 0.635 bits per heavy atom. The maximum absolute atomic E-state index is 12.5. The van der Waals surface area contributed by atoms with Gasteiger partial charge < -0.3 is 20.1 Å². The van der Waals surface area contributed by atoms with Gasteiger partial charge in [0.1, 0.15) is 6.61 Å². The third-order valence-electron chi connectivity index (χ3n) is 7.85. The van der Waals surface area contributed by atoms with Crippen molar-refractivity contribution in [2.75, 3.05) is 26.4 Å². The van der Waals surface area contributed by atoms with Crippen LogP contribution < -0.4 is 5.73 Å². The van der Waals surface area contributed by atoms with E-state index in [0.717, 1.165) is 57.8 Å². The number of ketones is 1. The van der Waals surface area contributed by atoms with Crippen LogP contribution in [0.5, 0.6) is 0 Å².